The maximum absolute atomic E-state index is 12.2. The number of nitrogens with zero attached hydrogens (tertiary/aromatic N) is 2. The predicted molar refractivity (Wildman–Crippen MR) is 99.4 cm³/mol. The molecule has 0 aliphatic carbocycles. The van der Waals surface area contributed by atoms with Crippen LogP contribution in [0.2, 0.25) is 0 Å². The van der Waals surface area contributed by atoms with E-state index in [2.05, 4.69) is 41.7 Å². The van der Waals surface area contributed by atoms with Gasteiger partial charge in [0.25, 0.3) is 0 Å². The molecular formula is C20H35N2O4+. The quantitative estimate of drug-likeness (QED) is 0.323. The Morgan fingerprint density at radius 2 is 1.73 bits per heavy atom. The minimum atomic E-state index is -0.274. The highest BCUT2D eigenvalue weighted by atomic mass is 16.6. The third-order valence-electron chi connectivity index (χ3n) is 4.45. The van der Waals surface area contributed by atoms with Gasteiger partial charge in [0, 0.05) is 6.42 Å². The van der Waals surface area contributed by atoms with Crippen LogP contribution < -0.4 is 4.57 Å². The molecule has 6 heteroatoms. The molecule has 2 unspecified atom stereocenters. The van der Waals surface area contributed by atoms with Gasteiger partial charge in [0.1, 0.15) is 31.6 Å². The maximum atomic E-state index is 12.2. The molecule has 0 N–H and O–H groups in total. The summed E-state index contributed by atoms with van der Waals surface area (Å²) in [6.45, 7) is 11.0. The third-order valence-corrected chi connectivity index (χ3v) is 4.45. The first-order valence-corrected chi connectivity index (χ1v) is 9.78. The van der Waals surface area contributed by atoms with Crippen LogP contribution >= 0.6 is 0 Å². The number of imidazole rings is 1. The Morgan fingerprint density at radius 3 is 2.31 bits per heavy atom. The Hall–Kier alpha value is -1.85. The van der Waals surface area contributed by atoms with Gasteiger partial charge in [-0.15, -0.1) is 0 Å². The normalized spacial score (nSPS) is 13.5. The molecule has 6 nitrogen and oxygen atoms in total. The molecule has 1 heterocycles. The van der Waals surface area contributed by atoms with Gasteiger partial charge in [-0.3, -0.25) is 9.59 Å². The van der Waals surface area contributed by atoms with Crippen molar-refractivity contribution in [3.63, 3.8) is 0 Å². The van der Waals surface area contributed by atoms with Gasteiger partial charge in [-0.1, -0.05) is 41.0 Å². The zero-order valence-electron chi connectivity index (χ0n) is 16.9. The summed E-state index contributed by atoms with van der Waals surface area (Å²) < 4.78 is 14.6. The van der Waals surface area contributed by atoms with E-state index in [9.17, 15) is 9.59 Å². The van der Waals surface area contributed by atoms with Gasteiger partial charge in [-0.05, 0) is 12.8 Å². The molecule has 1 aromatic heterocycles. The smallest absolute Gasteiger partial charge is 0.308 e. The molecule has 1 rings (SSSR count). The molecule has 0 amide bonds. The second-order valence-electron chi connectivity index (χ2n) is 7.14. The van der Waals surface area contributed by atoms with Gasteiger partial charge in [-0.25, -0.2) is 9.13 Å². The van der Waals surface area contributed by atoms with Crippen LogP contribution in [-0.2, 0) is 25.6 Å². The Morgan fingerprint density at radius 1 is 1.08 bits per heavy atom. The van der Waals surface area contributed by atoms with Crippen molar-refractivity contribution in [2.24, 2.45) is 11.8 Å². The van der Waals surface area contributed by atoms with Crippen molar-refractivity contribution < 1.29 is 23.6 Å². The molecule has 2 atom stereocenters. The molecule has 0 aliphatic rings. The topological polar surface area (TPSA) is 61.4 Å². The molecule has 26 heavy (non-hydrogen) atoms. The average Bonchev–Trinajstić information content (AvgIpc) is 3.09. The number of esters is 2. The highest BCUT2D eigenvalue weighted by molar-refractivity contribution is 5.72. The van der Waals surface area contributed by atoms with E-state index in [0.717, 1.165) is 25.8 Å². The van der Waals surface area contributed by atoms with Crippen molar-refractivity contribution in [2.45, 2.75) is 72.9 Å². The van der Waals surface area contributed by atoms with Gasteiger partial charge in [0.15, 0.2) is 0 Å². The molecule has 0 saturated carbocycles. The zero-order chi connectivity index (χ0) is 19.5. The number of carbonyl (C=O) groups is 2. The standard InChI is InChI=1S/C20H35N2O4/c1-6-8-9-21-10-11-22(15-21)18(7-2)14-17(5)20(24)26-13-12-25-19(23)16(3)4/h10-11,15-18H,6-9,12-14H2,1-5H3/q+1. The van der Waals surface area contributed by atoms with E-state index in [0.29, 0.717) is 0 Å². The number of aromatic nitrogens is 2. The van der Waals surface area contributed by atoms with Gasteiger partial charge in [0.2, 0.25) is 6.33 Å². The second kappa shape index (κ2) is 11.7. The molecule has 1 aromatic rings. The Bertz CT molecular complexity index is 554. The number of unbranched alkanes of at least 4 members (excludes halogenated alkanes) is 1. The number of hydrogen-bond donors (Lipinski definition) is 0. The number of hydrogen-bond acceptors (Lipinski definition) is 4. The zero-order valence-corrected chi connectivity index (χ0v) is 16.9. The van der Waals surface area contributed by atoms with Crippen LogP contribution in [0, 0.1) is 11.8 Å². The Balaban J connectivity index is 2.42. The summed E-state index contributed by atoms with van der Waals surface area (Å²) in [6, 6.07) is 0.263. The Kier molecular flexibility index (Phi) is 9.99. The monoisotopic (exact) mass is 367 g/mol. The molecule has 0 fully saturated rings. The van der Waals surface area contributed by atoms with Crippen LogP contribution in [0.4, 0.5) is 0 Å². The summed E-state index contributed by atoms with van der Waals surface area (Å²) in [4.78, 5) is 23.5. The third kappa shape index (κ3) is 7.58. The largest absolute Gasteiger partial charge is 0.462 e. The number of aryl methyl sites for hydroxylation is 1. The van der Waals surface area contributed by atoms with Crippen molar-refractivity contribution in [3.8, 4) is 0 Å². The van der Waals surface area contributed by atoms with Gasteiger partial charge in [0.05, 0.1) is 18.4 Å². The predicted octanol–water partition coefficient (Wildman–Crippen LogP) is 3.30. The summed E-state index contributed by atoms with van der Waals surface area (Å²) >= 11 is 0. The van der Waals surface area contributed by atoms with Crippen LogP contribution in [0.25, 0.3) is 0 Å². The lowest BCUT2D eigenvalue weighted by molar-refractivity contribution is -0.697. The lowest BCUT2D eigenvalue weighted by atomic mass is 10.00. The fourth-order valence-electron chi connectivity index (χ4n) is 2.70. The van der Waals surface area contributed by atoms with Crippen LogP contribution in [0.3, 0.4) is 0 Å². The molecule has 148 valence electrons. The molecule has 0 spiro atoms. The van der Waals surface area contributed by atoms with Gasteiger partial charge < -0.3 is 9.47 Å². The van der Waals surface area contributed by atoms with Crippen molar-refractivity contribution in [2.75, 3.05) is 13.2 Å². The molecule has 0 bridgehead atoms. The summed E-state index contributed by atoms with van der Waals surface area (Å²) in [6.07, 6.45) is 10.3. The van der Waals surface area contributed by atoms with Crippen LogP contribution in [0.15, 0.2) is 18.7 Å². The number of rotatable bonds is 12. The fourth-order valence-corrected chi connectivity index (χ4v) is 2.70. The molecular weight excluding hydrogens is 332 g/mol. The van der Waals surface area contributed by atoms with Gasteiger partial charge >= 0.3 is 11.9 Å². The summed E-state index contributed by atoms with van der Waals surface area (Å²) in [7, 11) is 0. The van der Waals surface area contributed by atoms with Crippen LogP contribution in [0.1, 0.15) is 66.3 Å². The number of carbonyl (C=O) groups excluding carboxylic acids is 2. The Labute approximate surface area is 157 Å². The summed E-state index contributed by atoms with van der Waals surface area (Å²) in [5.74, 6) is -0.886. The van der Waals surface area contributed by atoms with E-state index in [1.165, 1.54) is 6.42 Å². The first-order chi connectivity index (χ1) is 12.4. The maximum Gasteiger partial charge on any atom is 0.308 e. The lowest BCUT2D eigenvalue weighted by Crippen LogP contribution is -2.31. The average molecular weight is 368 g/mol. The van der Waals surface area contributed by atoms with E-state index in [4.69, 9.17) is 9.47 Å². The highest BCUT2D eigenvalue weighted by Crippen LogP contribution is 2.21. The van der Waals surface area contributed by atoms with Crippen LogP contribution in [0.5, 0.6) is 0 Å². The second-order valence-corrected chi connectivity index (χ2v) is 7.14. The molecule has 0 radical (unpaired) electrons. The summed E-state index contributed by atoms with van der Waals surface area (Å²) in [5, 5.41) is 0. The first-order valence-electron chi connectivity index (χ1n) is 9.78. The lowest BCUT2D eigenvalue weighted by Gasteiger charge is -2.16. The minimum absolute atomic E-state index is 0.110. The van der Waals surface area contributed by atoms with Crippen molar-refractivity contribution in [1.29, 1.82) is 0 Å². The van der Waals surface area contributed by atoms with Crippen LogP contribution in [-0.4, -0.2) is 29.7 Å². The van der Waals surface area contributed by atoms with Gasteiger partial charge in [-0.2, -0.15) is 0 Å². The summed E-state index contributed by atoms with van der Waals surface area (Å²) in [5.41, 5.74) is 0. The fraction of sp³-hybridized carbons (Fsp3) is 0.750. The van der Waals surface area contributed by atoms with Crippen molar-refractivity contribution in [3.05, 3.63) is 18.7 Å². The van der Waals surface area contributed by atoms with E-state index < -0.39 is 0 Å². The van der Waals surface area contributed by atoms with Crippen molar-refractivity contribution >= 4 is 11.9 Å². The minimum Gasteiger partial charge on any atom is -0.462 e. The SMILES string of the molecule is CCCC[n+]1ccn(C(CC)CC(C)C(=O)OCCOC(=O)C(C)C)c1. The van der Waals surface area contributed by atoms with E-state index in [1.54, 1.807) is 13.8 Å². The molecule has 0 aromatic carbocycles. The van der Waals surface area contributed by atoms with E-state index in [-0.39, 0.29) is 43.0 Å². The molecule has 0 saturated heterocycles. The number of ether oxygens (including phenoxy) is 2. The van der Waals surface area contributed by atoms with Crippen molar-refractivity contribution in [1.82, 2.24) is 4.57 Å². The highest BCUT2D eigenvalue weighted by Gasteiger charge is 2.23. The molecule has 0 aliphatic heterocycles. The van der Waals surface area contributed by atoms with E-state index >= 15 is 0 Å². The first kappa shape index (κ1) is 22.2. The van der Waals surface area contributed by atoms with E-state index in [1.807, 2.05) is 6.92 Å².